The van der Waals surface area contributed by atoms with Crippen molar-refractivity contribution in [3.63, 3.8) is 0 Å². The van der Waals surface area contributed by atoms with E-state index in [4.69, 9.17) is 10.8 Å². The predicted octanol–water partition coefficient (Wildman–Crippen LogP) is -0.375. The van der Waals surface area contributed by atoms with Gasteiger partial charge >= 0.3 is 5.97 Å². The molecule has 0 aliphatic rings. The molecule has 0 aromatic rings. The number of ketones is 1. The molecule has 0 heterocycles. The molecule has 0 saturated heterocycles. The zero-order valence-electron chi connectivity index (χ0n) is 6.05. The Kier molecular flexibility index (Phi) is 2.54. The summed E-state index contributed by atoms with van der Waals surface area (Å²) in [6.07, 6.45) is 0. The van der Waals surface area contributed by atoms with Gasteiger partial charge in [-0.25, -0.2) is 4.79 Å². The van der Waals surface area contributed by atoms with Crippen molar-refractivity contribution in [3.05, 3.63) is 0 Å². The van der Waals surface area contributed by atoms with E-state index in [9.17, 15) is 9.59 Å². The van der Waals surface area contributed by atoms with Crippen molar-refractivity contribution in [2.45, 2.75) is 13.8 Å². The summed E-state index contributed by atoms with van der Waals surface area (Å²) < 4.78 is 0. The molecule has 0 radical (unpaired) electrons. The first-order valence-corrected chi connectivity index (χ1v) is 2.89. The average molecular weight is 145 g/mol. The van der Waals surface area contributed by atoms with E-state index in [-0.39, 0.29) is 6.54 Å². The summed E-state index contributed by atoms with van der Waals surface area (Å²) in [5.41, 5.74) is 4.22. The normalized spacial score (nSPS) is 11.1. The zero-order valence-corrected chi connectivity index (χ0v) is 6.05. The molecule has 3 N–H and O–H groups in total. The molecular weight excluding hydrogens is 134 g/mol. The molecule has 0 amide bonds. The van der Waals surface area contributed by atoms with Crippen molar-refractivity contribution in [2.75, 3.05) is 6.54 Å². The number of rotatable bonds is 3. The number of aliphatic carboxylic acids is 1. The van der Waals surface area contributed by atoms with Crippen LogP contribution >= 0.6 is 0 Å². The van der Waals surface area contributed by atoms with Gasteiger partial charge in [0.1, 0.15) is 0 Å². The highest BCUT2D eigenvalue weighted by Gasteiger charge is 2.31. The molecule has 0 rings (SSSR count). The number of carboxylic acids is 1. The van der Waals surface area contributed by atoms with Crippen LogP contribution in [0.2, 0.25) is 0 Å². The topological polar surface area (TPSA) is 80.4 Å². The third kappa shape index (κ3) is 1.80. The maximum atomic E-state index is 10.7. The molecule has 0 unspecified atom stereocenters. The smallest absolute Gasteiger partial charge is 0.372 e. The maximum Gasteiger partial charge on any atom is 0.372 e. The van der Waals surface area contributed by atoms with Gasteiger partial charge in [-0.2, -0.15) is 0 Å². The van der Waals surface area contributed by atoms with Crippen LogP contribution in [0, 0.1) is 5.41 Å². The Bertz CT molecular complexity index is 162. The van der Waals surface area contributed by atoms with E-state index < -0.39 is 17.2 Å². The summed E-state index contributed by atoms with van der Waals surface area (Å²) in [5.74, 6) is -2.26. The quantitative estimate of drug-likeness (QED) is 0.531. The van der Waals surface area contributed by atoms with Gasteiger partial charge in [0.25, 0.3) is 0 Å². The third-order valence-corrected chi connectivity index (χ3v) is 1.32. The van der Waals surface area contributed by atoms with Crippen LogP contribution in [0.15, 0.2) is 0 Å². The van der Waals surface area contributed by atoms with E-state index in [1.54, 1.807) is 0 Å². The molecule has 0 fully saturated rings. The van der Waals surface area contributed by atoms with Crippen LogP contribution in [-0.4, -0.2) is 23.4 Å². The van der Waals surface area contributed by atoms with E-state index in [2.05, 4.69) is 0 Å². The monoisotopic (exact) mass is 145 g/mol. The number of nitrogens with two attached hydrogens (primary N) is 1. The van der Waals surface area contributed by atoms with Gasteiger partial charge in [-0.05, 0) is 0 Å². The summed E-state index contributed by atoms with van der Waals surface area (Å²) in [4.78, 5) is 20.8. The lowest BCUT2D eigenvalue weighted by atomic mass is 9.88. The third-order valence-electron chi connectivity index (χ3n) is 1.32. The first-order valence-electron chi connectivity index (χ1n) is 2.89. The van der Waals surface area contributed by atoms with Crippen LogP contribution in [0.4, 0.5) is 0 Å². The lowest BCUT2D eigenvalue weighted by Gasteiger charge is -2.16. The maximum absolute atomic E-state index is 10.7. The van der Waals surface area contributed by atoms with Crippen LogP contribution < -0.4 is 5.73 Å². The minimum Gasteiger partial charge on any atom is -0.475 e. The van der Waals surface area contributed by atoms with Gasteiger partial charge in [0, 0.05) is 12.0 Å². The van der Waals surface area contributed by atoms with Gasteiger partial charge in [-0.3, -0.25) is 4.79 Å². The van der Waals surface area contributed by atoms with E-state index >= 15 is 0 Å². The highest BCUT2D eigenvalue weighted by Crippen LogP contribution is 2.13. The second kappa shape index (κ2) is 2.79. The number of hydrogen-bond acceptors (Lipinski definition) is 3. The van der Waals surface area contributed by atoms with Crippen molar-refractivity contribution in [2.24, 2.45) is 11.1 Å². The minimum atomic E-state index is -1.42. The molecule has 0 atom stereocenters. The molecule has 0 saturated carbocycles. The molecule has 0 spiro atoms. The van der Waals surface area contributed by atoms with Crippen LogP contribution in [0.3, 0.4) is 0 Å². The Morgan fingerprint density at radius 3 is 2.00 bits per heavy atom. The van der Waals surface area contributed by atoms with Gasteiger partial charge in [0.15, 0.2) is 0 Å². The van der Waals surface area contributed by atoms with Crippen molar-refractivity contribution >= 4 is 11.8 Å². The molecule has 0 aliphatic carbocycles. The fraction of sp³-hybridized carbons (Fsp3) is 0.667. The summed E-state index contributed by atoms with van der Waals surface area (Å²) in [6.45, 7) is 3.06. The van der Waals surface area contributed by atoms with Gasteiger partial charge in [-0.15, -0.1) is 0 Å². The summed E-state index contributed by atoms with van der Waals surface area (Å²) >= 11 is 0. The Labute approximate surface area is 59.0 Å². The van der Waals surface area contributed by atoms with Crippen molar-refractivity contribution in [3.8, 4) is 0 Å². The Balaban J connectivity index is 4.33. The Morgan fingerprint density at radius 1 is 1.50 bits per heavy atom. The number of carbonyl (C=O) groups is 2. The van der Waals surface area contributed by atoms with E-state index in [1.807, 2.05) is 0 Å². The van der Waals surface area contributed by atoms with Gasteiger partial charge in [0.2, 0.25) is 5.78 Å². The zero-order chi connectivity index (χ0) is 8.36. The molecule has 58 valence electrons. The van der Waals surface area contributed by atoms with E-state index in [0.717, 1.165) is 0 Å². The molecule has 0 bridgehead atoms. The van der Waals surface area contributed by atoms with Crippen molar-refractivity contribution in [1.29, 1.82) is 0 Å². The number of Topliss-reactive ketones (excluding diaryl/α,β-unsaturated/α-hetero) is 1. The first-order chi connectivity index (χ1) is 4.41. The van der Waals surface area contributed by atoms with Crippen molar-refractivity contribution < 1.29 is 14.7 Å². The fourth-order valence-corrected chi connectivity index (χ4v) is 0.382. The van der Waals surface area contributed by atoms with Gasteiger partial charge in [0.05, 0.1) is 0 Å². The molecule has 4 heteroatoms. The van der Waals surface area contributed by atoms with Crippen LogP contribution in [0.5, 0.6) is 0 Å². The fourth-order valence-electron chi connectivity index (χ4n) is 0.382. The van der Waals surface area contributed by atoms with E-state index in [1.165, 1.54) is 13.8 Å². The number of carboxylic acid groups (broad SMARTS) is 1. The predicted molar refractivity (Wildman–Crippen MR) is 35.5 cm³/mol. The highest BCUT2D eigenvalue weighted by atomic mass is 16.4. The van der Waals surface area contributed by atoms with Gasteiger partial charge < -0.3 is 10.8 Å². The molecule has 0 aromatic heterocycles. The number of hydrogen-bond donors (Lipinski definition) is 2. The van der Waals surface area contributed by atoms with Crippen molar-refractivity contribution in [1.82, 2.24) is 0 Å². The summed E-state index contributed by atoms with van der Waals surface area (Å²) in [6, 6.07) is 0. The molecule has 0 aromatic carbocycles. The van der Waals surface area contributed by atoms with E-state index in [0.29, 0.717) is 0 Å². The number of carbonyl (C=O) groups excluding carboxylic acids is 1. The minimum absolute atomic E-state index is 0.0537. The van der Waals surface area contributed by atoms with Crippen LogP contribution in [0.25, 0.3) is 0 Å². The lowest BCUT2D eigenvalue weighted by molar-refractivity contribution is -0.153. The highest BCUT2D eigenvalue weighted by molar-refractivity contribution is 6.34. The molecule has 0 aliphatic heterocycles. The summed E-state index contributed by atoms with van der Waals surface area (Å²) in [5, 5.41) is 8.24. The molecule has 4 nitrogen and oxygen atoms in total. The average Bonchev–Trinajstić information content (AvgIpc) is 1.86. The second-order valence-corrected chi connectivity index (χ2v) is 2.72. The van der Waals surface area contributed by atoms with Crippen LogP contribution in [-0.2, 0) is 9.59 Å². The second-order valence-electron chi connectivity index (χ2n) is 2.72. The summed E-state index contributed by atoms with van der Waals surface area (Å²) in [7, 11) is 0. The lowest BCUT2D eigenvalue weighted by Crippen LogP contribution is -2.37. The first kappa shape index (κ1) is 9.10. The standard InChI is InChI=1S/C6H11NO3/c1-6(2,3-7)4(8)5(9)10/h3,7H2,1-2H3,(H,9,10). The molecule has 10 heavy (non-hydrogen) atoms. The Hall–Kier alpha value is -0.900. The Morgan fingerprint density at radius 2 is 1.90 bits per heavy atom. The van der Waals surface area contributed by atoms with Gasteiger partial charge in [-0.1, -0.05) is 13.8 Å². The van der Waals surface area contributed by atoms with Crippen LogP contribution in [0.1, 0.15) is 13.8 Å². The SMILES string of the molecule is CC(C)(CN)C(=O)C(=O)O. The molecular formula is C6H11NO3. The largest absolute Gasteiger partial charge is 0.475 e.